The van der Waals surface area contributed by atoms with Gasteiger partial charge in [-0.15, -0.1) is 0 Å². The van der Waals surface area contributed by atoms with E-state index in [0.717, 1.165) is 0 Å². The van der Waals surface area contributed by atoms with Crippen LogP contribution in [-0.4, -0.2) is 10.5 Å². The van der Waals surface area contributed by atoms with Gasteiger partial charge in [0, 0.05) is 50.0 Å². The molecule has 48 valence electrons. The summed E-state index contributed by atoms with van der Waals surface area (Å²) in [6.07, 6.45) is 0. The molecular formula is H2Co2NiO3. The summed E-state index contributed by atoms with van der Waals surface area (Å²) in [5, 5.41) is 15.5. The van der Waals surface area contributed by atoms with Gasteiger partial charge in [0.15, 0.2) is 0 Å². The Balaban J connectivity index is -0.00000000667. The van der Waals surface area contributed by atoms with Crippen LogP contribution >= 0.6 is 0 Å². The normalized spacial score (nSPS) is 3.00. The molecule has 6 heteroatoms. The minimum absolute atomic E-state index is 0. The molecular weight excluding hydrogens is 225 g/mol. The van der Waals surface area contributed by atoms with Gasteiger partial charge < -0.3 is 0 Å². The van der Waals surface area contributed by atoms with Crippen LogP contribution in [-0.2, 0) is 55.1 Å². The van der Waals surface area contributed by atoms with Crippen LogP contribution in [0.5, 0.6) is 0 Å². The van der Waals surface area contributed by atoms with E-state index < -0.39 is 0 Å². The average molecular weight is 227 g/mol. The van der Waals surface area contributed by atoms with Crippen molar-refractivity contribution in [2.24, 2.45) is 0 Å². The second-order valence-corrected chi connectivity index (χ2v) is 0.0816. The topological polar surface area (TPSA) is 49.7 Å². The molecule has 0 aromatic heterocycles. The Labute approximate surface area is 65.6 Å². The number of rotatable bonds is 0. The van der Waals surface area contributed by atoms with E-state index in [1.54, 1.807) is 0 Å². The van der Waals surface area contributed by atoms with E-state index in [0.29, 0.717) is 0 Å². The third-order valence-electron chi connectivity index (χ3n) is 0. The van der Waals surface area contributed by atoms with Gasteiger partial charge in [0.2, 0.25) is 0 Å². The van der Waals surface area contributed by atoms with Crippen LogP contribution in [0.2, 0.25) is 0 Å². The van der Waals surface area contributed by atoms with Gasteiger partial charge in [0.05, 0.1) is 0 Å². The van der Waals surface area contributed by atoms with Crippen molar-refractivity contribution in [3.05, 3.63) is 0 Å². The van der Waals surface area contributed by atoms with Crippen LogP contribution in [0.1, 0.15) is 0 Å². The molecule has 0 aliphatic heterocycles. The summed E-state index contributed by atoms with van der Waals surface area (Å²) < 4.78 is 0. The van der Waals surface area contributed by atoms with Gasteiger partial charge in [0.25, 0.3) is 0 Å². The maximum absolute atomic E-state index is 6.62. The Morgan fingerprint density at radius 3 is 1.00 bits per heavy atom. The molecule has 0 atom stereocenters. The van der Waals surface area contributed by atoms with Gasteiger partial charge in [-0.05, 0) is 0 Å². The van der Waals surface area contributed by atoms with E-state index in [2.05, 4.69) is 5.04 Å². The van der Waals surface area contributed by atoms with Crippen molar-refractivity contribution in [2.45, 2.75) is 0 Å². The first-order valence-electron chi connectivity index (χ1n) is 0.365. The number of hydrogen-bond acceptors (Lipinski definition) is 3. The van der Waals surface area contributed by atoms with E-state index in [-0.39, 0.29) is 50.0 Å². The minimum atomic E-state index is 0. The van der Waals surface area contributed by atoms with Crippen molar-refractivity contribution < 1.29 is 65.6 Å². The molecule has 0 rings (SSSR count). The third kappa shape index (κ3) is 53.9. The molecule has 0 saturated heterocycles. The molecule has 0 aromatic carbocycles. The molecule has 3 nitrogen and oxygen atoms in total. The van der Waals surface area contributed by atoms with Crippen LogP contribution in [0.3, 0.4) is 0 Å². The van der Waals surface area contributed by atoms with Crippen LogP contribution in [0.4, 0.5) is 0 Å². The summed E-state index contributed by atoms with van der Waals surface area (Å²) in [6, 6.07) is 0. The van der Waals surface area contributed by atoms with Crippen LogP contribution < -0.4 is 0 Å². The van der Waals surface area contributed by atoms with Crippen molar-refractivity contribution in [3.8, 4) is 0 Å². The predicted octanol–water partition coefficient (Wildman–Crippen LogP) is -0.0585. The molecule has 0 aliphatic carbocycles. The standard InChI is InChI=1S/2Co.Ni.H2O3/c;;;1-3-2/h;;;1-2H. The van der Waals surface area contributed by atoms with E-state index in [4.69, 9.17) is 10.5 Å². The first kappa shape index (κ1) is 26.3. The van der Waals surface area contributed by atoms with Gasteiger partial charge in [-0.25, -0.2) is 10.5 Å². The maximum Gasteiger partial charge on any atom is 0 e. The molecule has 6 heavy (non-hydrogen) atoms. The molecule has 0 heterocycles. The van der Waals surface area contributed by atoms with Gasteiger partial charge in [0.1, 0.15) is 0 Å². The zero-order valence-corrected chi connectivity index (χ0v) is 5.36. The Morgan fingerprint density at radius 2 is 1.00 bits per heavy atom. The predicted molar refractivity (Wildman–Crippen MR) is 6.34 cm³/mol. The van der Waals surface area contributed by atoms with Gasteiger partial charge in [-0.1, -0.05) is 5.04 Å². The summed E-state index contributed by atoms with van der Waals surface area (Å²) >= 11 is 0. The fourth-order valence-corrected chi connectivity index (χ4v) is 0. The molecule has 0 aromatic rings. The second kappa shape index (κ2) is 32.5. The van der Waals surface area contributed by atoms with Gasteiger partial charge >= 0.3 is 0 Å². The summed E-state index contributed by atoms with van der Waals surface area (Å²) in [5.74, 6) is 0. The molecule has 0 amide bonds. The average Bonchev–Trinajstić information content (AvgIpc) is 0.918. The summed E-state index contributed by atoms with van der Waals surface area (Å²) in [4.78, 5) is 0. The van der Waals surface area contributed by atoms with Crippen molar-refractivity contribution in [3.63, 3.8) is 0 Å². The zero-order chi connectivity index (χ0) is 2.71. The molecule has 0 aliphatic rings. The van der Waals surface area contributed by atoms with E-state index in [9.17, 15) is 0 Å². The second-order valence-electron chi connectivity index (χ2n) is 0.0816. The molecule has 0 unspecified atom stereocenters. The van der Waals surface area contributed by atoms with E-state index in [1.165, 1.54) is 0 Å². The van der Waals surface area contributed by atoms with Crippen LogP contribution in [0, 0.1) is 0 Å². The quantitative estimate of drug-likeness (QED) is 0.346. The summed E-state index contributed by atoms with van der Waals surface area (Å²) in [6.45, 7) is 0. The first-order chi connectivity index (χ1) is 1.41. The Hall–Kier alpha value is 1.39. The minimum Gasteiger partial charge on any atom is -0.221 e. The summed E-state index contributed by atoms with van der Waals surface area (Å²) in [5.41, 5.74) is 0. The van der Waals surface area contributed by atoms with Crippen LogP contribution in [0.15, 0.2) is 0 Å². The van der Waals surface area contributed by atoms with Gasteiger partial charge in [-0.2, -0.15) is 0 Å². The third-order valence-corrected chi connectivity index (χ3v) is 0. The van der Waals surface area contributed by atoms with Crippen LogP contribution in [0.25, 0.3) is 0 Å². The monoisotopic (exact) mass is 226 g/mol. The van der Waals surface area contributed by atoms with Crippen molar-refractivity contribution in [1.82, 2.24) is 0 Å². The Morgan fingerprint density at radius 1 is 1.00 bits per heavy atom. The van der Waals surface area contributed by atoms with Crippen molar-refractivity contribution >= 4 is 0 Å². The Bertz CT molecular complexity index is 8.75. The Kier molecular flexibility index (Phi) is 142. The SMILES string of the molecule is OOO.[Co].[Co].[Ni]. The molecule has 0 fully saturated rings. The zero-order valence-electron chi connectivity index (χ0n) is 2.29. The van der Waals surface area contributed by atoms with Crippen molar-refractivity contribution in [1.29, 1.82) is 0 Å². The maximum atomic E-state index is 6.62. The smallest absolute Gasteiger partial charge is 0 e. The number of hydrogen-bond donors (Lipinski definition) is 2. The van der Waals surface area contributed by atoms with Crippen molar-refractivity contribution in [2.75, 3.05) is 0 Å². The molecule has 0 saturated carbocycles. The summed E-state index contributed by atoms with van der Waals surface area (Å²) in [7, 11) is 0. The first-order valence-corrected chi connectivity index (χ1v) is 0.365. The molecule has 0 bridgehead atoms. The molecule has 2 radical (unpaired) electrons. The van der Waals surface area contributed by atoms with E-state index >= 15 is 0 Å². The fourth-order valence-electron chi connectivity index (χ4n) is 0. The molecule has 0 spiro atoms. The fraction of sp³-hybridized carbons (Fsp3) is 0. The van der Waals surface area contributed by atoms with Gasteiger partial charge in [-0.3, -0.25) is 0 Å². The molecule has 2 N–H and O–H groups in total. The van der Waals surface area contributed by atoms with E-state index in [1.807, 2.05) is 0 Å². The largest absolute Gasteiger partial charge is 0.221 e.